The molecule has 0 saturated carbocycles. The van der Waals surface area contributed by atoms with Crippen molar-refractivity contribution in [2.24, 2.45) is 0 Å². The van der Waals surface area contributed by atoms with Crippen molar-refractivity contribution in [3.8, 4) is 0 Å². The molecule has 0 nitrogen and oxygen atoms in total. The number of allylic oxidation sites excluding steroid dienone is 1. The summed E-state index contributed by atoms with van der Waals surface area (Å²) in [5, 5.41) is 0. The second kappa shape index (κ2) is 21.7. The average molecular weight is 360 g/mol. The van der Waals surface area contributed by atoms with Gasteiger partial charge in [-0.25, -0.2) is 12.1 Å². The zero-order valence-corrected chi connectivity index (χ0v) is 16.1. The van der Waals surface area contributed by atoms with Gasteiger partial charge in [-0.05, 0) is 15.8 Å². The van der Waals surface area contributed by atoms with E-state index < -0.39 is 0 Å². The van der Waals surface area contributed by atoms with Gasteiger partial charge in [0.2, 0.25) is 0 Å². The Morgan fingerprint density at radius 3 is 1.24 bits per heavy atom. The van der Waals surface area contributed by atoms with Crippen molar-refractivity contribution in [1.82, 2.24) is 0 Å². The number of hydrogen-bond donors (Lipinski definition) is 0. The van der Waals surface area contributed by atoms with E-state index in [0.29, 0.717) is 0 Å². The summed E-state index contributed by atoms with van der Waals surface area (Å²) in [4.78, 5) is 0. The van der Waals surface area contributed by atoms with Gasteiger partial charge >= 0.3 is 35.1 Å². The van der Waals surface area contributed by atoms with Crippen LogP contribution in [0.3, 0.4) is 0 Å². The van der Waals surface area contributed by atoms with E-state index in [-0.39, 0.29) is 15.8 Å². The van der Waals surface area contributed by atoms with Crippen LogP contribution in [-0.4, -0.2) is 44.3 Å². The summed E-state index contributed by atoms with van der Waals surface area (Å²) < 4.78 is 2.74. The molecule has 17 heavy (non-hydrogen) atoms. The van der Waals surface area contributed by atoms with Crippen LogP contribution in [0.5, 0.6) is 0 Å². The quantitative estimate of drug-likeness (QED) is 0.371. The summed E-state index contributed by atoms with van der Waals surface area (Å²) in [7, 11) is 0.241. The maximum atomic E-state index is 2.74. The van der Waals surface area contributed by atoms with E-state index in [0.717, 1.165) is 0 Å². The van der Waals surface area contributed by atoms with Crippen molar-refractivity contribution < 1.29 is 17.9 Å². The van der Waals surface area contributed by atoms with Crippen LogP contribution < -0.4 is 0 Å². The van der Waals surface area contributed by atoms with E-state index in [9.17, 15) is 0 Å². The molecular formula is C14H29P2Ru+2. The molecule has 0 heterocycles. The fraction of sp³-hybridized carbons (Fsp3) is 0.500. The predicted octanol–water partition coefficient (Wildman–Crippen LogP) is 4.10. The van der Waals surface area contributed by atoms with Crippen LogP contribution >= 0.6 is 15.8 Å². The third-order valence-electron chi connectivity index (χ3n) is 0.658. The first-order chi connectivity index (χ1) is 7.88. The zero-order valence-electron chi connectivity index (χ0n) is 12.3. The molecule has 0 N–H and O–H groups in total. The molecule has 0 radical (unpaired) electrons. The molecule has 0 amide bonds. The van der Waals surface area contributed by atoms with Crippen molar-refractivity contribution in [2.45, 2.75) is 6.92 Å². The Kier molecular flexibility index (Phi) is 29.0. The van der Waals surface area contributed by atoms with Gasteiger partial charge in [0.25, 0.3) is 0 Å². The SMILES string of the molecule is CC=[C]=[Ru+].C[PH+](C)C.C[PH+](C)C.c1cc[cH-]c1. The van der Waals surface area contributed by atoms with Gasteiger partial charge in [-0.1, -0.05) is 0 Å². The van der Waals surface area contributed by atoms with Crippen LogP contribution in [0, 0.1) is 0 Å². The fourth-order valence-electron chi connectivity index (χ4n) is 0.321. The summed E-state index contributed by atoms with van der Waals surface area (Å²) in [5.41, 5.74) is 0. The van der Waals surface area contributed by atoms with Crippen molar-refractivity contribution in [2.75, 3.05) is 40.0 Å². The van der Waals surface area contributed by atoms with Crippen LogP contribution in [0.25, 0.3) is 0 Å². The molecule has 101 valence electrons. The molecule has 0 atom stereocenters. The van der Waals surface area contributed by atoms with Gasteiger partial charge in [0.1, 0.15) is 0 Å². The maximum absolute atomic E-state index is 2.74. The van der Waals surface area contributed by atoms with Crippen LogP contribution in [0.2, 0.25) is 0 Å². The van der Waals surface area contributed by atoms with Gasteiger partial charge in [-0.15, -0.1) is 0 Å². The molecule has 3 heteroatoms. The van der Waals surface area contributed by atoms with Gasteiger partial charge in [0, 0.05) is 40.0 Å². The first kappa shape index (κ1) is 22.6. The summed E-state index contributed by atoms with van der Waals surface area (Å²) in [6.07, 6.45) is 1.84. The van der Waals surface area contributed by atoms with Gasteiger partial charge < -0.3 is 0 Å². The molecular weight excluding hydrogens is 331 g/mol. The molecule has 1 aromatic rings. The predicted molar refractivity (Wildman–Crippen MR) is 89.5 cm³/mol. The second-order valence-electron chi connectivity index (χ2n) is 4.35. The molecule has 1 aromatic carbocycles. The Hall–Kier alpha value is 0.483. The average Bonchev–Trinajstić information content (AvgIpc) is 2.73. The number of hydrogen-bond acceptors (Lipinski definition) is 0. The minimum absolute atomic E-state index is 0.120. The van der Waals surface area contributed by atoms with E-state index >= 15 is 0 Å². The van der Waals surface area contributed by atoms with Crippen LogP contribution in [0.15, 0.2) is 36.4 Å². The van der Waals surface area contributed by atoms with Gasteiger partial charge in [-0.3, -0.25) is 0 Å². The monoisotopic (exact) mass is 361 g/mol. The Bertz CT molecular complexity index is 206. The van der Waals surface area contributed by atoms with Crippen molar-refractivity contribution in [1.29, 1.82) is 0 Å². The van der Waals surface area contributed by atoms with E-state index in [1.54, 1.807) is 0 Å². The molecule has 1 rings (SSSR count). The molecule has 0 aliphatic carbocycles. The van der Waals surface area contributed by atoms with Crippen molar-refractivity contribution in [3.63, 3.8) is 0 Å². The standard InChI is InChI=1S/C5H5.2C3H9P.C3H4.Ru/c1-2-4-5-3-1;2*1-4(2)3;1-3-2;/h1-5H;2*1-3H3;3H,1H3;/q-1;;;;+1/p+2. The Balaban J connectivity index is -0.000000155. The minimum atomic E-state index is 0.120. The molecule has 0 aromatic heterocycles. The van der Waals surface area contributed by atoms with Crippen molar-refractivity contribution in [3.05, 3.63) is 36.4 Å². The van der Waals surface area contributed by atoms with E-state index in [1.807, 2.05) is 43.3 Å². The van der Waals surface area contributed by atoms with Crippen LogP contribution in [0.4, 0.5) is 0 Å². The summed E-state index contributed by atoms with van der Waals surface area (Å²) in [6, 6.07) is 10.0. The summed E-state index contributed by atoms with van der Waals surface area (Å²) in [6.45, 7) is 15.5. The normalized spacial score (nSPS) is 7.59. The Labute approximate surface area is 121 Å². The third kappa shape index (κ3) is 82.3. The molecule has 0 saturated heterocycles. The largest absolute Gasteiger partial charge is 0.214 e. The zero-order chi connectivity index (χ0) is 14.1. The molecule has 0 spiro atoms. The summed E-state index contributed by atoms with van der Waals surface area (Å²) >= 11 is 2.27. The fourth-order valence-corrected chi connectivity index (χ4v) is 0.321. The maximum Gasteiger partial charge on any atom is 0.0461 e. The molecule has 0 unspecified atom stereocenters. The van der Waals surface area contributed by atoms with Crippen LogP contribution in [-0.2, 0) is 17.9 Å². The van der Waals surface area contributed by atoms with Gasteiger partial charge in [0.05, 0.1) is 0 Å². The Morgan fingerprint density at radius 2 is 1.18 bits per heavy atom. The Morgan fingerprint density at radius 1 is 0.941 bits per heavy atom. The topological polar surface area (TPSA) is 0 Å². The second-order valence-corrected chi connectivity index (χ2v) is 10.9. The van der Waals surface area contributed by atoms with Gasteiger partial charge in [0.15, 0.2) is 0 Å². The molecule has 0 fully saturated rings. The molecule has 0 bridgehead atoms. The first-order valence-electron chi connectivity index (χ1n) is 5.71. The molecule has 0 aliphatic rings. The smallest absolute Gasteiger partial charge is 0.0461 e. The summed E-state index contributed by atoms with van der Waals surface area (Å²) in [5.74, 6) is 0. The van der Waals surface area contributed by atoms with Crippen LogP contribution in [0.1, 0.15) is 6.92 Å². The van der Waals surface area contributed by atoms with E-state index in [4.69, 9.17) is 0 Å². The first-order valence-corrected chi connectivity index (χ1v) is 12.6. The minimum Gasteiger partial charge on any atom is -0.214 e. The van der Waals surface area contributed by atoms with Gasteiger partial charge in [-0.2, -0.15) is 18.2 Å². The third-order valence-corrected chi connectivity index (χ3v) is 1.16. The van der Waals surface area contributed by atoms with E-state index in [2.05, 4.69) is 62.1 Å². The van der Waals surface area contributed by atoms with Crippen molar-refractivity contribution >= 4 is 20.1 Å². The number of rotatable bonds is 0. The molecule has 0 aliphatic heterocycles. The van der Waals surface area contributed by atoms with E-state index in [1.165, 1.54) is 0 Å².